The van der Waals surface area contributed by atoms with E-state index in [2.05, 4.69) is 25.8 Å². The maximum atomic E-state index is 5.54. The second-order valence-corrected chi connectivity index (χ2v) is 5.94. The summed E-state index contributed by atoms with van der Waals surface area (Å²) in [5.41, 5.74) is 5.54. The van der Waals surface area contributed by atoms with Crippen LogP contribution in [0.15, 0.2) is 6.20 Å². The Balaban J connectivity index is 2.35. The molecule has 0 aliphatic rings. The summed E-state index contributed by atoms with van der Waals surface area (Å²) < 4.78 is 0. The summed E-state index contributed by atoms with van der Waals surface area (Å²) in [5, 5.41) is 1.37. The molecule has 74 valence electrons. The van der Waals surface area contributed by atoms with Gasteiger partial charge in [-0.15, -0.1) is 11.3 Å². The summed E-state index contributed by atoms with van der Waals surface area (Å²) in [7, 11) is 0. The number of nitrogens with zero attached hydrogens (tertiary/aromatic N) is 1. The quantitative estimate of drug-likeness (QED) is 0.841. The summed E-state index contributed by atoms with van der Waals surface area (Å²) in [6.45, 7) is 6.76. The summed E-state index contributed by atoms with van der Waals surface area (Å²) >= 11 is 3.55. The fourth-order valence-corrected chi connectivity index (χ4v) is 2.60. The van der Waals surface area contributed by atoms with Gasteiger partial charge in [0.15, 0.2) is 5.13 Å². The number of rotatable bonds is 4. The second kappa shape index (κ2) is 4.86. The highest BCUT2D eigenvalue weighted by Crippen LogP contribution is 2.26. The molecule has 1 aromatic heterocycles. The molecule has 0 saturated carbocycles. The molecule has 0 bridgehead atoms. The summed E-state index contributed by atoms with van der Waals surface area (Å²) in [5.74, 6) is 1.77. The van der Waals surface area contributed by atoms with E-state index in [1.807, 2.05) is 18.0 Å². The molecular formula is C9H16N2S2. The molecule has 1 unspecified atom stereocenters. The van der Waals surface area contributed by atoms with Crippen LogP contribution in [0.1, 0.15) is 25.6 Å². The Bertz CT molecular complexity index is 258. The Labute approximate surface area is 87.9 Å². The first-order valence-corrected chi connectivity index (χ1v) is 6.28. The van der Waals surface area contributed by atoms with E-state index in [9.17, 15) is 0 Å². The van der Waals surface area contributed by atoms with Crippen molar-refractivity contribution in [1.29, 1.82) is 0 Å². The molecule has 0 fully saturated rings. The lowest BCUT2D eigenvalue weighted by molar-refractivity contribution is 0.642. The molecule has 1 heterocycles. The van der Waals surface area contributed by atoms with Gasteiger partial charge in [-0.05, 0) is 5.92 Å². The minimum Gasteiger partial charge on any atom is -0.375 e. The molecule has 4 heteroatoms. The lowest BCUT2D eigenvalue weighted by Gasteiger charge is -2.13. The highest BCUT2D eigenvalue weighted by Gasteiger charge is 2.08. The van der Waals surface area contributed by atoms with Gasteiger partial charge in [-0.25, -0.2) is 4.98 Å². The average molecular weight is 216 g/mol. The van der Waals surface area contributed by atoms with Crippen molar-refractivity contribution in [3.63, 3.8) is 0 Å². The molecule has 0 aliphatic heterocycles. The van der Waals surface area contributed by atoms with Crippen molar-refractivity contribution >= 4 is 28.2 Å². The highest BCUT2D eigenvalue weighted by atomic mass is 32.2. The monoisotopic (exact) mass is 216 g/mol. The van der Waals surface area contributed by atoms with Gasteiger partial charge in [0.25, 0.3) is 0 Å². The molecular weight excluding hydrogens is 200 g/mol. The third-order valence-electron chi connectivity index (χ3n) is 2.00. The van der Waals surface area contributed by atoms with E-state index in [0.29, 0.717) is 10.4 Å². The molecule has 0 aromatic carbocycles. The van der Waals surface area contributed by atoms with Crippen molar-refractivity contribution in [2.24, 2.45) is 5.92 Å². The van der Waals surface area contributed by atoms with Crippen LogP contribution >= 0.6 is 23.1 Å². The number of thiazole rings is 1. The van der Waals surface area contributed by atoms with Crippen LogP contribution < -0.4 is 5.73 Å². The van der Waals surface area contributed by atoms with Crippen LogP contribution in [0.5, 0.6) is 0 Å². The van der Waals surface area contributed by atoms with Crippen LogP contribution in [0.3, 0.4) is 0 Å². The molecule has 2 nitrogen and oxygen atoms in total. The van der Waals surface area contributed by atoms with Gasteiger partial charge in [0, 0.05) is 22.1 Å². The first-order chi connectivity index (χ1) is 6.09. The van der Waals surface area contributed by atoms with Crippen molar-refractivity contribution in [3.05, 3.63) is 11.1 Å². The van der Waals surface area contributed by atoms with Crippen molar-refractivity contribution < 1.29 is 0 Å². The van der Waals surface area contributed by atoms with Crippen molar-refractivity contribution in [1.82, 2.24) is 4.98 Å². The number of nitrogen functional groups attached to an aromatic ring is 1. The number of hydrogen-bond donors (Lipinski definition) is 1. The van der Waals surface area contributed by atoms with Gasteiger partial charge in [-0.2, -0.15) is 11.8 Å². The molecule has 1 aromatic rings. The molecule has 0 radical (unpaired) electrons. The lowest BCUT2D eigenvalue weighted by Crippen LogP contribution is -2.05. The maximum absolute atomic E-state index is 5.54. The maximum Gasteiger partial charge on any atom is 0.180 e. The molecule has 1 rings (SSSR count). The molecule has 0 spiro atoms. The number of anilines is 1. The zero-order valence-electron chi connectivity index (χ0n) is 8.28. The van der Waals surface area contributed by atoms with Crippen molar-refractivity contribution in [2.75, 3.05) is 5.73 Å². The fourth-order valence-electron chi connectivity index (χ4n) is 0.795. The third-order valence-corrected chi connectivity index (χ3v) is 4.56. The lowest BCUT2D eigenvalue weighted by atomic mass is 10.2. The van der Waals surface area contributed by atoms with E-state index < -0.39 is 0 Å². The van der Waals surface area contributed by atoms with E-state index in [1.165, 1.54) is 4.88 Å². The van der Waals surface area contributed by atoms with E-state index >= 15 is 0 Å². The molecule has 0 amide bonds. The molecule has 2 N–H and O–H groups in total. The zero-order valence-corrected chi connectivity index (χ0v) is 9.91. The predicted octanol–water partition coefficient (Wildman–Crippen LogP) is 3.00. The summed E-state index contributed by atoms with van der Waals surface area (Å²) in [6.07, 6.45) is 1.88. The minimum atomic E-state index is 0.674. The van der Waals surface area contributed by atoms with Crippen LogP contribution in [0.2, 0.25) is 0 Å². The van der Waals surface area contributed by atoms with Gasteiger partial charge in [0.05, 0.1) is 0 Å². The van der Waals surface area contributed by atoms with Gasteiger partial charge >= 0.3 is 0 Å². The van der Waals surface area contributed by atoms with Crippen LogP contribution in [0.4, 0.5) is 5.13 Å². The fraction of sp³-hybridized carbons (Fsp3) is 0.667. The van der Waals surface area contributed by atoms with E-state index in [-0.39, 0.29) is 0 Å². The van der Waals surface area contributed by atoms with Gasteiger partial charge in [-0.3, -0.25) is 0 Å². The molecule has 13 heavy (non-hydrogen) atoms. The molecule has 0 aliphatic carbocycles. The zero-order chi connectivity index (χ0) is 9.84. The number of aromatic nitrogens is 1. The van der Waals surface area contributed by atoms with Gasteiger partial charge < -0.3 is 5.73 Å². The summed E-state index contributed by atoms with van der Waals surface area (Å²) in [4.78, 5) is 5.30. The predicted molar refractivity (Wildman–Crippen MR) is 62.1 cm³/mol. The first-order valence-electron chi connectivity index (χ1n) is 4.41. The Hall–Kier alpha value is -0.220. The topological polar surface area (TPSA) is 38.9 Å². The van der Waals surface area contributed by atoms with Gasteiger partial charge in [-0.1, -0.05) is 20.8 Å². The van der Waals surface area contributed by atoms with E-state index in [1.54, 1.807) is 11.3 Å². The Kier molecular flexibility index (Phi) is 4.06. The Morgan fingerprint density at radius 2 is 2.23 bits per heavy atom. The largest absolute Gasteiger partial charge is 0.375 e. The minimum absolute atomic E-state index is 0.674. The van der Waals surface area contributed by atoms with Gasteiger partial charge in [0.1, 0.15) is 0 Å². The first kappa shape index (κ1) is 10.9. The Morgan fingerprint density at radius 1 is 1.54 bits per heavy atom. The van der Waals surface area contributed by atoms with Crippen LogP contribution in [-0.4, -0.2) is 10.2 Å². The second-order valence-electron chi connectivity index (χ2n) is 3.42. The van der Waals surface area contributed by atoms with Crippen molar-refractivity contribution in [3.8, 4) is 0 Å². The average Bonchev–Trinajstić information content (AvgIpc) is 2.47. The van der Waals surface area contributed by atoms with Gasteiger partial charge in [0.2, 0.25) is 0 Å². The van der Waals surface area contributed by atoms with Crippen LogP contribution in [0, 0.1) is 5.92 Å². The van der Waals surface area contributed by atoms with Crippen LogP contribution in [-0.2, 0) is 5.75 Å². The number of hydrogen-bond acceptors (Lipinski definition) is 4. The van der Waals surface area contributed by atoms with E-state index in [4.69, 9.17) is 5.73 Å². The normalized spacial score (nSPS) is 13.5. The highest BCUT2D eigenvalue weighted by molar-refractivity contribution is 7.99. The number of nitrogens with two attached hydrogens (primary N) is 1. The Morgan fingerprint density at radius 3 is 2.69 bits per heavy atom. The summed E-state index contributed by atoms with van der Waals surface area (Å²) in [6, 6.07) is 0. The molecule has 1 atom stereocenters. The van der Waals surface area contributed by atoms with E-state index in [0.717, 1.165) is 11.7 Å². The standard InChI is InChI=1S/C9H16N2S2/c1-6(2)7(3)12-5-8-4-11-9(10)13-8/h4,6-7H,5H2,1-3H3,(H2,10,11). The molecule has 0 saturated heterocycles. The number of thioether (sulfide) groups is 1. The van der Waals surface area contributed by atoms with Crippen molar-refractivity contribution in [2.45, 2.75) is 31.8 Å². The third kappa shape index (κ3) is 3.56. The van der Waals surface area contributed by atoms with Crippen LogP contribution in [0.25, 0.3) is 0 Å². The smallest absolute Gasteiger partial charge is 0.180 e. The SMILES string of the molecule is CC(C)C(C)SCc1cnc(N)s1.